The number of methoxy groups -OCH3 is 1. The second-order valence-corrected chi connectivity index (χ2v) is 6.68. The summed E-state index contributed by atoms with van der Waals surface area (Å²) >= 11 is 0. The van der Waals surface area contributed by atoms with E-state index in [1.54, 1.807) is 7.11 Å². The minimum atomic E-state index is -0.227. The average molecular weight is 319 g/mol. The van der Waals surface area contributed by atoms with E-state index in [2.05, 4.69) is 30.1 Å². The topological polar surface area (TPSA) is 67.6 Å². The number of benzene rings is 1. The van der Waals surface area contributed by atoms with Gasteiger partial charge in [-0.2, -0.15) is 0 Å². The molecule has 3 N–H and O–H groups in total. The Bertz CT molecular complexity index is 527. The molecule has 2 rings (SSSR count). The van der Waals surface area contributed by atoms with Crippen LogP contribution in [0.15, 0.2) is 18.2 Å². The molecule has 0 aromatic heterocycles. The molecule has 0 fully saturated rings. The number of rotatable bonds is 8. The first kappa shape index (κ1) is 17.9. The van der Waals surface area contributed by atoms with Crippen LogP contribution in [-0.4, -0.2) is 37.1 Å². The average Bonchev–Trinajstić information content (AvgIpc) is 2.94. The van der Waals surface area contributed by atoms with Gasteiger partial charge in [-0.25, -0.2) is 0 Å². The van der Waals surface area contributed by atoms with Gasteiger partial charge in [0.1, 0.15) is 0 Å². The summed E-state index contributed by atoms with van der Waals surface area (Å²) in [5.74, 6) is 0.663. The van der Waals surface area contributed by atoms with Crippen LogP contribution >= 0.6 is 0 Å². The molecule has 1 aromatic carbocycles. The number of hydrogen-bond donors (Lipinski definition) is 2. The Kier molecular flexibility index (Phi) is 6.57. The molecule has 128 valence electrons. The smallest absolute Gasteiger partial charge is 0.227 e. The number of hydrogen-bond acceptors (Lipinski definition) is 4. The van der Waals surface area contributed by atoms with Crippen molar-refractivity contribution >= 4 is 11.6 Å². The molecule has 1 unspecified atom stereocenters. The second kappa shape index (κ2) is 8.43. The van der Waals surface area contributed by atoms with Crippen LogP contribution in [0.5, 0.6) is 0 Å². The monoisotopic (exact) mass is 319 g/mol. The molecule has 0 bridgehead atoms. The highest BCUT2D eigenvalue weighted by molar-refractivity contribution is 5.92. The molecule has 1 aliphatic heterocycles. The zero-order valence-corrected chi connectivity index (χ0v) is 14.5. The molecule has 1 aromatic rings. The standard InChI is InChI=1S/C18H29N3O2/c1-13(2)7-8-21-11-14-5-4-6-17(16(14)12-21)20-18(22)9-15(10-19)23-3/h4-6,13,15H,7-12,19H2,1-3H3,(H,20,22). The lowest BCUT2D eigenvalue weighted by molar-refractivity contribution is -0.118. The molecule has 23 heavy (non-hydrogen) atoms. The van der Waals surface area contributed by atoms with Crippen molar-refractivity contribution in [2.45, 2.75) is 45.9 Å². The predicted octanol–water partition coefficient (Wildman–Crippen LogP) is 2.35. The molecule has 0 saturated carbocycles. The number of fused-ring (bicyclic) bond motifs is 1. The summed E-state index contributed by atoms with van der Waals surface area (Å²) in [6, 6.07) is 6.14. The van der Waals surface area contributed by atoms with E-state index in [1.807, 2.05) is 12.1 Å². The number of amides is 1. The molecule has 5 nitrogen and oxygen atoms in total. The Morgan fingerprint density at radius 2 is 2.17 bits per heavy atom. The lowest BCUT2D eigenvalue weighted by Crippen LogP contribution is -2.28. The number of nitrogens with zero attached hydrogens (tertiary/aromatic N) is 1. The van der Waals surface area contributed by atoms with E-state index in [1.165, 1.54) is 17.5 Å². The maximum absolute atomic E-state index is 12.2. The maximum atomic E-state index is 12.2. The third kappa shape index (κ3) is 5.03. The van der Waals surface area contributed by atoms with Crippen LogP contribution in [0.1, 0.15) is 37.8 Å². The third-order valence-corrected chi connectivity index (χ3v) is 4.35. The zero-order valence-electron chi connectivity index (χ0n) is 14.5. The number of carbonyl (C=O) groups excluding carboxylic acids is 1. The minimum absolute atomic E-state index is 0.0451. The summed E-state index contributed by atoms with van der Waals surface area (Å²) in [5.41, 5.74) is 9.06. The van der Waals surface area contributed by atoms with Gasteiger partial charge in [-0.3, -0.25) is 9.69 Å². The van der Waals surface area contributed by atoms with Gasteiger partial charge >= 0.3 is 0 Å². The molecule has 1 heterocycles. The van der Waals surface area contributed by atoms with Crippen LogP contribution in [0.2, 0.25) is 0 Å². The van der Waals surface area contributed by atoms with Gasteiger partial charge < -0.3 is 15.8 Å². The van der Waals surface area contributed by atoms with Crippen molar-refractivity contribution in [3.8, 4) is 0 Å². The van der Waals surface area contributed by atoms with Crippen molar-refractivity contribution in [2.75, 3.05) is 25.5 Å². The van der Waals surface area contributed by atoms with Crippen molar-refractivity contribution < 1.29 is 9.53 Å². The van der Waals surface area contributed by atoms with Gasteiger partial charge in [0.2, 0.25) is 5.91 Å². The van der Waals surface area contributed by atoms with Gasteiger partial charge in [0.15, 0.2) is 0 Å². The van der Waals surface area contributed by atoms with E-state index in [9.17, 15) is 4.79 Å². The highest BCUT2D eigenvalue weighted by Crippen LogP contribution is 2.29. The van der Waals surface area contributed by atoms with Crippen molar-refractivity contribution in [3.63, 3.8) is 0 Å². The summed E-state index contributed by atoms with van der Waals surface area (Å²) in [6.07, 6.45) is 1.25. The largest absolute Gasteiger partial charge is 0.380 e. The third-order valence-electron chi connectivity index (χ3n) is 4.35. The number of carbonyl (C=O) groups is 1. The molecule has 0 spiro atoms. The van der Waals surface area contributed by atoms with E-state index in [0.29, 0.717) is 12.5 Å². The summed E-state index contributed by atoms with van der Waals surface area (Å²) in [6.45, 7) is 7.81. The van der Waals surface area contributed by atoms with Crippen LogP contribution < -0.4 is 11.1 Å². The molecule has 0 aliphatic carbocycles. The fourth-order valence-corrected chi connectivity index (χ4v) is 2.88. The highest BCUT2D eigenvalue weighted by atomic mass is 16.5. The van der Waals surface area contributed by atoms with Crippen LogP contribution in [0.4, 0.5) is 5.69 Å². The molecule has 0 radical (unpaired) electrons. The second-order valence-electron chi connectivity index (χ2n) is 6.68. The molecule has 1 atom stereocenters. The lowest BCUT2D eigenvalue weighted by Gasteiger charge is -2.16. The predicted molar refractivity (Wildman–Crippen MR) is 93.1 cm³/mol. The fourth-order valence-electron chi connectivity index (χ4n) is 2.88. The molecular weight excluding hydrogens is 290 g/mol. The molecule has 1 aliphatic rings. The van der Waals surface area contributed by atoms with Crippen LogP contribution in [-0.2, 0) is 22.6 Å². The number of nitrogens with two attached hydrogens (primary N) is 1. The molecule has 1 amide bonds. The molecule has 0 saturated heterocycles. The van der Waals surface area contributed by atoms with Gasteiger partial charge in [0.25, 0.3) is 0 Å². The van der Waals surface area contributed by atoms with E-state index in [-0.39, 0.29) is 18.4 Å². The van der Waals surface area contributed by atoms with Gasteiger partial charge in [-0.1, -0.05) is 26.0 Å². The Hall–Kier alpha value is -1.43. The van der Waals surface area contributed by atoms with Gasteiger partial charge in [0.05, 0.1) is 12.5 Å². The minimum Gasteiger partial charge on any atom is -0.380 e. The first-order valence-electron chi connectivity index (χ1n) is 8.39. The van der Waals surface area contributed by atoms with Gasteiger partial charge in [-0.05, 0) is 36.1 Å². The zero-order chi connectivity index (χ0) is 16.8. The van der Waals surface area contributed by atoms with E-state index < -0.39 is 0 Å². The van der Waals surface area contributed by atoms with E-state index in [4.69, 9.17) is 10.5 Å². The van der Waals surface area contributed by atoms with Crippen LogP contribution in [0.25, 0.3) is 0 Å². The first-order chi connectivity index (χ1) is 11.0. The van der Waals surface area contributed by atoms with Crippen molar-refractivity contribution in [1.29, 1.82) is 0 Å². The molecule has 5 heteroatoms. The first-order valence-corrected chi connectivity index (χ1v) is 8.39. The van der Waals surface area contributed by atoms with Gasteiger partial charge in [-0.15, -0.1) is 0 Å². The van der Waals surface area contributed by atoms with Crippen LogP contribution in [0, 0.1) is 5.92 Å². The number of anilines is 1. The summed E-state index contributed by atoms with van der Waals surface area (Å²) in [4.78, 5) is 14.6. The van der Waals surface area contributed by atoms with Crippen LogP contribution in [0.3, 0.4) is 0 Å². The highest BCUT2D eigenvalue weighted by Gasteiger charge is 2.22. The van der Waals surface area contributed by atoms with E-state index >= 15 is 0 Å². The fraction of sp³-hybridized carbons (Fsp3) is 0.611. The van der Waals surface area contributed by atoms with Crippen molar-refractivity contribution in [1.82, 2.24) is 4.90 Å². The number of ether oxygens (including phenoxy) is 1. The summed E-state index contributed by atoms with van der Waals surface area (Å²) in [5, 5.41) is 3.03. The SMILES string of the molecule is COC(CN)CC(=O)Nc1cccc2c1CN(CCC(C)C)C2. The number of nitrogens with one attached hydrogen (secondary N) is 1. The summed E-state index contributed by atoms with van der Waals surface area (Å²) < 4.78 is 5.18. The lowest BCUT2D eigenvalue weighted by atomic mass is 10.1. The maximum Gasteiger partial charge on any atom is 0.227 e. The normalized spacial score (nSPS) is 15.7. The Balaban J connectivity index is 1.98. The van der Waals surface area contributed by atoms with Gasteiger partial charge in [0, 0.05) is 32.4 Å². The molecular formula is C18H29N3O2. The Labute approximate surface area is 139 Å². The quantitative estimate of drug-likeness (QED) is 0.772. The Morgan fingerprint density at radius 3 is 2.83 bits per heavy atom. The summed E-state index contributed by atoms with van der Waals surface area (Å²) in [7, 11) is 1.58. The Morgan fingerprint density at radius 1 is 1.39 bits per heavy atom. The van der Waals surface area contributed by atoms with Crippen molar-refractivity contribution in [3.05, 3.63) is 29.3 Å². The van der Waals surface area contributed by atoms with Crippen molar-refractivity contribution in [2.24, 2.45) is 11.7 Å². The van der Waals surface area contributed by atoms with E-state index in [0.717, 1.165) is 25.3 Å².